The smallest absolute Gasteiger partial charge is 0.127 e. The summed E-state index contributed by atoms with van der Waals surface area (Å²) in [6.07, 6.45) is 1.80. The van der Waals surface area contributed by atoms with Gasteiger partial charge in [0.15, 0.2) is 0 Å². The van der Waals surface area contributed by atoms with Crippen molar-refractivity contribution in [3.8, 4) is 0 Å². The molecule has 1 heterocycles. The Morgan fingerprint density at radius 3 is 2.50 bits per heavy atom. The summed E-state index contributed by atoms with van der Waals surface area (Å²) in [5.74, 6) is 0.653. The van der Waals surface area contributed by atoms with Gasteiger partial charge in [-0.3, -0.25) is 0 Å². The minimum absolute atomic E-state index is 0.653. The Bertz CT molecular complexity index is 733. The third kappa shape index (κ3) is 2.37. The summed E-state index contributed by atoms with van der Waals surface area (Å²) in [6, 6.07) is 18.9. The van der Waals surface area contributed by atoms with Gasteiger partial charge in [0.25, 0.3) is 0 Å². The standard InChI is InChI=1S/C18H18N2/c1-2-14-12-16-10-6-9-15(17(16)20-18(14)19)11-13-7-4-3-5-8-13/h3-10,12H,2,11H2,1H3,(H2,19,20). The maximum Gasteiger partial charge on any atom is 0.127 e. The SMILES string of the molecule is CCc1cc2cccc(Cc3ccccc3)c2nc1N. The number of hydrogen-bond donors (Lipinski definition) is 1. The van der Waals surface area contributed by atoms with E-state index in [9.17, 15) is 0 Å². The van der Waals surface area contributed by atoms with E-state index >= 15 is 0 Å². The van der Waals surface area contributed by atoms with Crippen LogP contribution in [0.5, 0.6) is 0 Å². The van der Waals surface area contributed by atoms with E-state index in [-0.39, 0.29) is 0 Å². The molecule has 3 rings (SSSR count). The molecule has 2 N–H and O–H groups in total. The second-order valence-electron chi connectivity index (χ2n) is 5.04. The molecule has 0 spiro atoms. The minimum atomic E-state index is 0.653. The lowest BCUT2D eigenvalue weighted by Gasteiger charge is -2.09. The molecule has 0 fully saturated rings. The summed E-state index contributed by atoms with van der Waals surface area (Å²) in [5.41, 5.74) is 10.7. The van der Waals surface area contributed by atoms with E-state index in [1.54, 1.807) is 0 Å². The first kappa shape index (κ1) is 12.7. The van der Waals surface area contributed by atoms with Crippen molar-refractivity contribution in [2.75, 3.05) is 5.73 Å². The molecule has 1 aromatic heterocycles. The first-order valence-corrected chi connectivity index (χ1v) is 6.99. The molecule has 0 saturated carbocycles. The summed E-state index contributed by atoms with van der Waals surface area (Å²) in [4.78, 5) is 4.62. The Morgan fingerprint density at radius 2 is 1.75 bits per heavy atom. The van der Waals surface area contributed by atoms with E-state index in [1.165, 1.54) is 16.5 Å². The molecule has 0 bridgehead atoms. The summed E-state index contributed by atoms with van der Waals surface area (Å²) in [5, 5.41) is 1.17. The average molecular weight is 262 g/mol. The van der Waals surface area contributed by atoms with Gasteiger partial charge in [-0.05, 0) is 35.6 Å². The highest BCUT2D eigenvalue weighted by Gasteiger charge is 2.07. The van der Waals surface area contributed by atoms with Crippen molar-refractivity contribution in [1.82, 2.24) is 4.98 Å². The van der Waals surface area contributed by atoms with Crippen LogP contribution in [0.2, 0.25) is 0 Å². The van der Waals surface area contributed by atoms with Crippen LogP contribution >= 0.6 is 0 Å². The lowest BCUT2D eigenvalue weighted by molar-refractivity contribution is 1.12. The molecule has 2 aromatic carbocycles. The lowest BCUT2D eigenvalue weighted by Crippen LogP contribution is -1.99. The molecule has 0 aliphatic rings. The second kappa shape index (κ2) is 5.33. The van der Waals surface area contributed by atoms with Gasteiger partial charge < -0.3 is 5.73 Å². The number of nitrogens with two attached hydrogens (primary N) is 1. The van der Waals surface area contributed by atoms with Crippen molar-refractivity contribution < 1.29 is 0 Å². The zero-order valence-electron chi connectivity index (χ0n) is 11.6. The van der Waals surface area contributed by atoms with E-state index in [2.05, 4.69) is 60.4 Å². The molecule has 0 aliphatic carbocycles. The van der Waals surface area contributed by atoms with Crippen LogP contribution < -0.4 is 5.73 Å². The van der Waals surface area contributed by atoms with Gasteiger partial charge in [-0.15, -0.1) is 0 Å². The van der Waals surface area contributed by atoms with Gasteiger partial charge in [-0.1, -0.05) is 55.5 Å². The molecule has 0 atom stereocenters. The normalized spacial score (nSPS) is 10.8. The largest absolute Gasteiger partial charge is 0.383 e. The number of fused-ring (bicyclic) bond motifs is 1. The van der Waals surface area contributed by atoms with E-state index in [0.29, 0.717) is 5.82 Å². The Kier molecular flexibility index (Phi) is 3.38. The molecule has 20 heavy (non-hydrogen) atoms. The first-order chi connectivity index (χ1) is 9.78. The van der Waals surface area contributed by atoms with E-state index in [1.807, 2.05) is 6.07 Å². The molecule has 0 unspecified atom stereocenters. The number of pyridine rings is 1. The van der Waals surface area contributed by atoms with Crippen LogP contribution in [-0.2, 0) is 12.8 Å². The average Bonchev–Trinajstić information content (AvgIpc) is 2.48. The van der Waals surface area contributed by atoms with Gasteiger partial charge in [0.05, 0.1) is 5.52 Å². The number of hydrogen-bond acceptors (Lipinski definition) is 2. The van der Waals surface area contributed by atoms with Crippen molar-refractivity contribution in [2.24, 2.45) is 0 Å². The van der Waals surface area contributed by atoms with Crippen molar-refractivity contribution >= 4 is 16.7 Å². The Hall–Kier alpha value is -2.35. The quantitative estimate of drug-likeness (QED) is 0.775. The van der Waals surface area contributed by atoms with Gasteiger partial charge in [0.2, 0.25) is 0 Å². The zero-order chi connectivity index (χ0) is 13.9. The number of nitrogen functional groups attached to an aromatic ring is 1. The number of aromatic nitrogens is 1. The highest BCUT2D eigenvalue weighted by atomic mass is 14.8. The Labute approximate surface area is 119 Å². The maximum atomic E-state index is 6.05. The molecule has 2 heteroatoms. The summed E-state index contributed by atoms with van der Waals surface area (Å²) in [7, 11) is 0. The number of anilines is 1. The van der Waals surface area contributed by atoms with Gasteiger partial charge in [0, 0.05) is 5.39 Å². The third-order valence-electron chi connectivity index (χ3n) is 3.66. The minimum Gasteiger partial charge on any atom is -0.383 e. The van der Waals surface area contributed by atoms with Gasteiger partial charge in [-0.25, -0.2) is 4.98 Å². The highest BCUT2D eigenvalue weighted by Crippen LogP contribution is 2.23. The molecule has 0 amide bonds. The van der Waals surface area contributed by atoms with E-state index < -0.39 is 0 Å². The Morgan fingerprint density at radius 1 is 0.950 bits per heavy atom. The molecule has 0 radical (unpaired) electrons. The number of aryl methyl sites for hydroxylation is 1. The van der Waals surface area contributed by atoms with Crippen LogP contribution in [0.3, 0.4) is 0 Å². The van der Waals surface area contributed by atoms with Crippen LogP contribution in [0.4, 0.5) is 5.82 Å². The summed E-state index contributed by atoms with van der Waals surface area (Å²) < 4.78 is 0. The predicted molar refractivity (Wildman–Crippen MR) is 84.8 cm³/mol. The molecular formula is C18H18N2. The fourth-order valence-corrected chi connectivity index (χ4v) is 2.56. The van der Waals surface area contributed by atoms with E-state index in [4.69, 9.17) is 5.73 Å². The number of benzene rings is 2. The highest BCUT2D eigenvalue weighted by molar-refractivity contribution is 5.84. The van der Waals surface area contributed by atoms with Crippen molar-refractivity contribution in [3.63, 3.8) is 0 Å². The molecule has 0 aliphatic heterocycles. The molecule has 100 valence electrons. The topological polar surface area (TPSA) is 38.9 Å². The number of para-hydroxylation sites is 1. The zero-order valence-corrected chi connectivity index (χ0v) is 11.6. The lowest BCUT2D eigenvalue weighted by atomic mass is 10.0. The van der Waals surface area contributed by atoms with Crippen molar-refractivity contribution in [2.45, 2.75) is 19.8 Å². The van der Waals surface area contributed by atoms with Crippen LogP contribution in [0, 0.1) is 0 Å². The van der Waals surface area contributed by atoms with Crippen LogP contribution in [0.15, 0.2) is 54.6 Å². The van der Waals surface area contributed by atoms with Gasteiger partial charge in [0.1, 0.15) is 5.82 Å². The fourth-order valence-electron chi connectivity index (χ4n) is 2.56. The Balaban J connectivity index is 2.09. The third-order valence-corrected chi connectivity index (χ3v) is 3.66. The fraction of sp³-hybridized carbons (Fsp3) is 0.167. The van der Waals surface area contributed by atoms with Crippen LogP contribution in [-0.4, -0.2) is 4.98 Å². The maximum absolute atomic E-state index is 6.05. The monoisotopic (exact) mass is 262 g/mol. The summed E-state index contributed by atoms with van der Waals surface area (Å²) >= 11 is 0. The predicted octanol–water partition coefficient (Wildman–Crippen LogP) is 3.97. The first-order valence-electron chi connectivity index (χ1n) is 6.99. The molecule has 0 saturated heterocycles. The van der Waals surface area contributed by atoms with Gasteiger partial charge in [-0.2, -0.15) is 0 Å². The molecule has 3 aromatic rings. The van der Waals surface area contributed by atoms with Crippen molar-refractivity contribution in [1.29, 1.82) is 0 Å². The number of rotatable bonds is 3. The van der Waals surface area contributed by atoms with Crippen LogP contribution in [0.1, 0.15) is 23.6 Å². The van der Waals surface area contributed by atoms with Gasteiger partial charge >= 0.3 is 0 Å². The van der Waals surface area contributed by atoms with Crippen LogP contribution in [0.25, 0.3) is 10.9 Å². The molecular weight excluding hydrogens is 244 g/mol. The van der Waals surface area contributed by atoms with E-state index in [0.717, 1.165) is 23.9 Å². The second-order valence-corrected chi connectivity index (χ2v) is 5.04. The molecule has 2 nitrogen and oxygen atoms in total. The van der Waals surface area contributed by atoms with Crippen molar-refractivity contribution in [3.05, 3.63) is 71.3 Å². The number of nitrogens with zero attached hydrogens (tertiary/aromatic N) is 1. The summed E-state index contributed by atoms with van der Waals surface area (Å²) in [6.45, 7) is 2.10.